The van der Waals surface area contributed by atoms with Crippen LogP contribution in [0.4, 0.5) is 0 Å². The maximum atomic E-state index is 13.0. The van der Waals surface area contributed by atoms with E-state index in [0.29, 0.717) is 6.73 Å². The Hall–Kier alpha value is -0.610. The largest absolute Gasteiger partial charge is 0.360 e. The van der Waals surface area contributed by atoms with Crippen LogP contribution in [0.1, 0.15) is 102 Å². The first-order valence-electron chi connectivity index (χ1n) is 10.5. The summed E-state index contributed by atoms with van der Waals surface area (Å²) in [5.41, 5.74) is -0.653. The first-order chi connectivity index (χ1) is 11.9. The van der Waals surface area contributed by atoms with E-state index in [0.717, 1.165) is 25.7 Å². The minimum absolute atomic E-state index is 0.0425. The van der Waals surface area contributed by atoms with Gasteiger partial charge < -0.3 is 10.1 Å². The van der Waals surface area contributed by atoms with Gasteiger partial charge in [-0.05, 0) is 64.8 Å². The van der Waals surface area contributed by atoms with Crippen LogP contribution in [0.15, 0.2) is 0 Å². The average Bonchev–Trinajstić information content (AvgIpc) is 2.40. The molecule has 1 amide bonds. The maximum absolute atomic E-state index is 13.0. The number of amides is 1. The van der Waals surface area contributed by atoms with Crippen LogP contribution < -0.4 is 10.6 Å². The number of hydrogen-bond donors (Lipinski definition) is 2. The van der Waals surface area contributed by atoms with Gasteiger partial charge in [-0.2, -0.15) is 0 Å². The number of rotatable bonds is 12. The predicted molar refractivity (Wildman–Crippen MR) is 117 cm³/mol. The van der Waals surface area contributed by atoms with Crippen molar-refractivity contribution >= 4 is 5.91 Å². The van der Waals surface area contributed by atoms with Crippen LogP contribution in [0, 0.1) is 16.2 Å². The predicted octanol–water partition coefficient (Wildman–Crippen LogP) is 5.51. The van der Waals surface area contributed by atoms with E-state index in [-0.39, 0.29) is 33.3 Å². The van der Waals surface area contributed by atoms with E-state index >= 15 is 0 Å². The molecule has 0 heterocycles. The monoisotopic (exact) mass is 384 g/mol. The summed E-state index contributed by atoms with van der Waals surface area (Å²) in [6.07, 6.45) is 3.77. The van der Waals surface area contributed by atoms with Crippen molar-refractivity contribution in [2.24, 2.45) is 16.2 Å². The minimum Gasteiger partial charge on any atom is -0.360 e. The fourth-order valence-electron chi connectivity index (χ4n) is 4.65. The van der Waals surface area contributed by atoms with E-state index in [1.165, 1.54) is 0 Å². The van der Waals surface area contributed by atoms with E-state index in [1.807, 2.05) is 7.05 Å². The average molecular weight is 385 g/mol. The van der Waals surface area contributed by atoms with Crippen molar-refractivity contribution in [3.8, 4) is 0 Å². The smallest absolute Gasteiger partial charge is 0.226 e. The highest BCUT2D eigenvalue weighted by Crippen LogP contribution is 2.39. The SMILES string of the molecule is CCC(C)(C)CC(C)(C)C(=O)NC(C)(C)CC(C)(C)CC(C)(C)OCNC. The van der Waals surface area contributed by atoms with E-state index < -0.39 is 0 Å². The molecule has 4 nitrogen and oxygen atoms in total. The fraction of sp³-hybridized carbons (Fsp3) is 0.957. The Balaban J connectivity index is 5.02. The maximum Gasteiger partial charge on any atom is 0.226 e. The second-order valence-electron chi connectivity index (χ2n) is 11.8. The summed E-state index contributed by atoms with van der Waals surface area (Å²) < 4.78 is 5.93. The van der Waals surface area contributed by atoms with Crippen molar-refractivity contribution in [2.45, 2.75) is 113 Å². The zero-order chi connectivity index (χ0) is 21.7. The van der Waals surface area contributed by atoms with Crippen molar-refractivity contribution in [3.63, 3.8) is 0 Å². The molecule has 0 radical (unpaired) electrons. The molecule has 27 heavy (non-hydrogen) atoms. The molecule has 2 N–H and O–H groups in total. The number of hydrogen-bond acceptors (Lipinski definition) is 3. The van der Waals surface area contributed by atoms with E-state index in [4.69, 9.17) is 4.74 Å². The number of carbonyl (C=O) groups is 1. The molecule has 0 aromatic rings. The normalized spacial score (nSPS) is 14.4. The van der Waals surface area contributed by atoms with Crippen LogP contribution in [0.2, 0.25) is 0 Å². The van der Waals surface area contributed by atoms with Gasteiger partial charge in [0, 0.05) is 11.0 Å². The Kier molecular flexibility index (Phi) is 9.05. The summed E-state index contributed by atoms with van der Waals surface area (Å²) in [5.74, 6) is 0.149. The van der Waals surface area contributed by atoms with E-state index in [1.54, 1.807) is 0 Å². The fourth-order valence-corrected chi connectivity index (χ4v) is 4.65. The second kappa shape index (κ2) is 9.26. The first-order valence-corrected chi connectivity index (χ1v) is 10.5. The lowest BCUT2D eigenvalue weighted by atomic mass is 9.71. The van der Waals surface area contributed by atoms with E-state index in [2.05, 4.69) is 86.8 Å². The third kappa shape index (κ3) is 10.5. The number of nitrogens with one attached hydrogen (secondary N) is 2. The van der Waals surface area contributed by atoms with Crippen LogP contribution >= 0.6 is 0 Å². The molecule has 0 saturated heterocycles. The summed E-state index contributed by atoms with van der Waals surface area (Å²) in [6, 6.07) is 0. The van der Waals surface area contributed by atoms with Crippen LogP contribution in [0.5, 0.6) is 0 Å². The molecule has 0 aliphatic rings. The van der Waals surface area contributed by atoms with Gasteiger partial charge in [-0.1, -0.05) is 54.9 Å². The number of ether oxygens (including phenoxy) is 1. The standard InChI is InChI=1S/C23H48N2O2/c1-13-19(2,3)14-21(6,7)18(26)25-22(8,9)15-20(4,5)16-23(10,11)27-17-24-12/h24H,13-17H2,1-12H3,(H,25,26). The molecular weight excluding hydrogens is 336 g/mol. The molecule has 0 aliphatic heterocycles. The van der Waals surface area contributed by atoms with Gasteiger partial charge in [-0.25, -0.2) is 0 Å². The van der Waals surface area contributed by atoms with Gasteiger partial charge in [0.15, 0.2) is 0 Å². The summed E-state index contributed by atoms with van der Waals surface area (Å²) in [6.45, 7) is 24.4. The minimum atomic E-state index is -0.379. The lowest BCUT2D eigenvalue weighted by Crippen LogP contribution is -2.52. The van der Waals surface area contributed by atoms with Crippen molar-refractivity contribution in [1.82, 2.24) is 10.6 Å². The molecule has 0 aromatic heterocycles. The Labute approximate surface area is 169 Å². The van der Waals surface area contributed by atoms with Crippen LogP contribution in [-0.2, 0) is 9.53 Å². The van der Waals surface area contributed by atoms with Gasteiger partial charge in [0.25, 0.3) is 0 Å². The van der Waals surface area contributed by atoms with Gasteiger partial charge in [-0.15, -0.1) is 0 Å². The summed E-state index contributed by atoms with van der Waals surface area (Å²) in [4.78, 5) is 13.0. The van der Waals surface area contributed by atoms with Crippen molar-refractivity contribution in [3.05, 3.63) is 0 Å². The van der Waals surface area contributed by atoms with Gasteiger partial charge >= 0.3 is 0 Å². The van der Waals surface area contributed by atoms with Crippen LogP contribution in [-0.4, -0.2) is 30.8 Å². The molecule has 0 fully saturated rings. The molecule has 4 heteroatoms. The van der Waals surface area contributed by atoms with E-state index in [9.17, 15) is 4.79 Å². The highest BCUT2D eigenvalue weighted by atomic mass is 16.5. The molecule has 0 rings (SSSR count). The Morgan fingerprint density at radius 2 is 1.33 bits per heavy atom. The van der Waals surface area contributed by atoms with Gasteiger partial charge in [0.05, 0.1) is 12.3 Å². The third-order valence-corrected chi connectivity index (χ3v) is 5.38. The topological polar surface area (TPSA) is 50.4 Å². The van der Waals surface area contributed by atoms with Crippen molar-refractivity contribution in [1.29, 1.82) is 0 Å². The van der Waals surface area contributed by atoms with Gasteiger partial charge in [0.2, 0.25) is 5.91 Å². The molecule has 0 atom stereocenters. The second-order valence-corrected chi connectivity index (χ2v) is 11.8. The van der Waals surface area contributed by atoms with Crippen LogP contribution in [0.3, 0.4) is 0 Å². The highest BCUT2D eigenvalue weighted by molar-refractivity contribution is 5.82. The lowest BCUT2D eigenvalue weighted by Gasteiger charge is -2.42. The van der Waals surface area contributed by atoms with Gasteiger partial charge in [-0.3, -0.25) is 10.1 Å². The third-order valence-electron chi connectivity index (χ3n) is 5.38. The molecule has 0 unspecified atom stereocenters. The first kappa shape index (κ1) is 26.4. The van der Waals surface area contributed by atoms with Gasteiger partial charge in [0.1, 0.15) is 0 Å². The molecule has 0 aliphatic carbocycles. The quantitative estimate of drug-likeness (QED) is 0.436. The Morgan fingerprint density at radius 3 is 1.78 bits per heavy atom. The zero-order valence-corrected chi connectivity index (χ0v) is 20.4. The Bertz CT molecular complexity index is 477. The molecule has 0 aromatic carbocycles. The lowest BCUT2D eigenvalue weighted by molar-refractivity contribution is -0.133. The molecule has 0 bridgehead atoms. The summed E-state index contributed by atoms with van der Waals surface area (Å²) in [7, 11) is 1.89. The molecule has 0 spiro atoms. The summed E-state index contributed by atoms with van der Waals surface area (Å²) in [5, 5.41) is 6.38. The Morgan fingerprint density at radius 1 is 0.815 bits per heavy atom. The zero-order valence-electron chi connectivity index (χ0n) is 20.4. The molecule has 162 valence electrons. The van der Waals surface area contributed by atoms with Crippen molar-refractivity contribution in [2.75, 3.05) is 13.8 Å². The highest BCUT2D eigenvalue weighted by Gasteiger charge is 2.39. The van der Waals surface area contributed by atoms with Crippen LogP contribution in [0.25, 0.3) is 0 Å². The van der Waals surface area contributed by atoms with Crippen molar-refractivity contribution < 1.29 is 9.53 Å². The molecule has 0 saturated carbocycles. The summed E-state index contributed by atoms with van der Waals surface area (Å²) >= 11 is 0. The number of carbonyl (C=O) groups excluding carboxylic acids is 1. The molecular formula is C23H48N2O2.